The standard InChI is InChI=1S/C18H13BrN2O4S/c1-21-16(23)15(9-11-7-12(19)5-6-14(11)22)26-18(21)20-13-4-2-3-10(8-13)17(24)25/h2-9,22H,1H3,(H,24,25)/b15-9+,20-18?. The van der Waals surface area contributed by atoms with Crippen molar-refractivity contribution in [1.29, 1.82) is 0 Å². The van der Waals surface area contributed by atoms with Crippen molar-refractivity contribution in [2.75, 3.05) is 7.05 Å². The first-order chi connectivity index (χ1) is 12.3. The van der Waals surface area contributed by atoms with E-state index in [1.807, 2.05) is 0 Å². The highest BCUT2D eigenvalue weighted by molar-refractivity contribution is 9.10. The van der Waals surface area contributed by atoms with E-state index < -0.39 is 5.97 Å². The zero-order valence-corrected chi connectivity index (χ0v) is 15.9. The quantitative estimate of drug-likeness (QED) is 0.712. The van der Waals surface area contributed by atoms with Gasteiger partial charge in [0, 0.05) is 17.1 Å². The van der Waals surface area contributed by atoms with Crippen LogP contribution in [-0.2, 0) is 4.79 Å². The van der Waals surface area contributed by atoms with Crippen molar-refractivity contribution in [2.24, 2.45) is 4.99 Å². The Morgan fingerprint density at radius 1 is 1.27 bits per heavy atom. The number of aromatic hydroxyl groups is 1. The number of aliphatic imine (C=N–C) groups is 1. The second kappa shape index (κ2) is 7.35. The van der Waals surface area contributed by atoms with Gasteiger partial charge in [-0.05, 0) is 54.2 Å². The molecule has 132 valence electrons. The van der Waals surface area contributed by atoms with Crippen molar-refractivity contribution in [3.05, 3.63) is 63.0 Å². The molecule has 1 fully saturated rings. The molecule has 0 aliphatic carbocycles. The summed E-state index contributed by atoms with van der Waals surface area (Å²) in [6, 6.07) is 11.1. The summed E-state index contributed by atoms with van der Waals surface area (Å²) < 4.78 is 0.783. The smallest absolute Gasteiger partial charge is 0.335 e. The first-order valence-electron chi connectivity index (χ1n) is 7.43. The van der Waals surface area contributed by atoms with Crippen LogP contribution in [-0.4, -0.2) is 39.2 Å². The summed E-state index contributed by atoms with van der Waals surface area (Å²) >= 11 is 4.49. The van der Waals surface area contributed by atoms with Crippen LogP contribution in [0.2, 0.25) is 0 Å². The minimum Gasteiger partial charge on any atom is -0.507 e. The van der Waals surface area contributed by atoms with E-state index in [0.717, 1.165) is 16.2 Å². The number of carboxylic acids is 1. The fourth-order valence-electron chi connectivity index (χ4n) is 2.25. The van der Waals surface area contributed by atoms with Gasteiger partial charge in [-0.15, -0.1) is 0 Å². The van der Waals surface area contributed by atoms with Crippen LogP contribution in [0.25, 0.3) is 6.08 Å². The fraction of sp³-hybridized carbons (Fsp3) is 0.0556. The molecule has 0 atom stereocenters. The van der Waals surface area contributed by atoms with E-state index >= 15 is 0 Å². The lowest BCUT2D eigenvalue weighted by molar-refractivity contribution is -0.121. The van der Waals surface area contributed by atoms with Gasteiger partial charge >= 0.3 is 5.97 Å². The highest BCUT2D eigenvalue weighted by atomic mass is 79.9. The molecule has 2 aromatic carbocycles. The van der Waals surface area contributed by atoms with E-state index in [-0.39, 0.29) is 17.2 Å². The number of likely N-dealkylation sites (N-methyl/N-ethyl adjacent to an activating group) is 1. The summed E-state index contributed by atoms with van der Waals surface area (Å²) in [7, 11) is 1.59. The molecule has 1 aliphatic rings. The Bertz CT molecular complexity index is 971. The van der Waals surface area contributed by atoms with Crippen molar-refractivity contribution in [3.8, 4) is 5.75 Å². The Labute approximate surface area is 162 Å². The summed E-state index contributed by atoms with van der Waals surface area (Å²) in [5.74, 6) is -1.22. The Balaban J connectivity index is 1.94. The van der Waals surface area contributed by atoms with Gasteiger partial charge in [-0.2, -0.15) is 0 Å². The molecule has 0 saturated carbocycles. The molecule has 3 rings (SSSR count). The number of amidine groups is 1. The van der Waals surface area contributed by atoms with E-state index in [1.165, 1.54) is 23.1 Å². The molecule has 2 aromatic rings. The second-order valence-electron chi connectivity index (χ2n) is 5.43. The van der Waals surface area contributed by atoms with Gasteiger partial charge < -0.3 is 10.2 Å². The minimum absolute atomic E-state index is 0.0660. The maximum absolute atomic E-state index is 12.5. The van der Waals surface area contributed by atoms with Crippen molar-refractivity contribution in [2.45, 2.75) is 0 Å². The number of rotatable bonds is 3. The number of phenolic OH excluding ortho intramolecular Hbond substituents is 1. The number of carboxylic acid groups (broad SMARTS) is 1. The third kappa shape index (κ3) is 3.81. The Hall–Kier alpha value is -2.58. The fourth-order valence-corrected chi connectivity index (χ4v) is 3.61. The van der Waals surface area contributed by atoms with Gasteiger partial charge in [0.2, 0.25) is 0 Å². The average Bonchev–Trinajstić information content (AvgIpc) is 2.86. The third-order valence-corrected chi connectivity index (χ3v) is 5.15. The molecule has 0 spiro atoms. The van der Waals surface area contributed by atoms with E-state index in [9.17, 15) is 14.7 Å². The van der Waals surface area contributed by atoms with Crippen LogP contribution in [0.15, 0.2) is 56.8 Å². The number of hydrogen-bond acceptors (Lipinski definition) is 5. The number of aromatic carboxylic acids is 1. The van der Waals surface area contributed by atoms with Crippen LogP contribution in [0, 0.1) is 0 Å². The van der Waals surface area contributed by atoms with Gasteiger partial charge in [-0.1, -0.05) is 22.0 Å². The predicted molar refractivity (Wildman–Crippen MR) is 105 cm³/mol. The largest absolute Gasteiger partial charge is 0.507 e. The van der Waals surface area contributed by atoms with Crippen LogP contribution < -0.4 is 0 Å². The normalized spacial score (nSPS) is 17.3. The lowest BCUT2D eigenvalue weighted by Crippen LogP contribution is -2.23. The molecule has 1 aliphatic heterocycles. The molecule has 1 amide bonds. The van der Waals surface area contributed by atoms with Crippen LogP contribution in [0.5, 0.6) is 5.75 Å². The molecule has 0 bridgehead atoms. The summed E-state index contributed by atoms with van der Waals surface area (Å²) in [5, 5.41) is 19.4. The highest BCUT2D eigenvalue weighted by Gasteiger charge is 2.30. The first kappa shape index (κ1) is 18.2. The van der Waals surface area contributed by atoms with Crippen molar-refractivity contribution in [3.63, 3.8) is 0 Å². The average molecular weight is 433 g/mol. The summed E-state index contributed by atoms with van der Waals surface area (Å²) in [6.45, 7) is 0. The summed E-state index contributed by atoms with van der Waals surface area (Å²) in [4.78, 5) is 29.7. The molecule has 1 saturated heterocycles. The number of benzene rings is 2. The number of halogens is 1. The van der Waals surface area contributed by atoms with Gasteiger partial charge in [0.1, 0.15) is 5.75 Å². The zero-order chi connectivity index (χ0) is 18.8. The molecule has 2 N–H and O–H groups in total. The Morgan fingerprint density at radius 2 is 2.04 bits per heavy atom. The van der Waals surface area contributed by atoms with Gasteiger partial charge in [0.25, 0.3) is 5.91 Å². The number of carbonyl (C=O) groups excluding carboxylic acids is 1. The number of nitrogens with zero attached hydrogens (tertiary/aromatic N) is 2. The molecule has 6 nitrogen and oxygen atoms in total. The van der Waals surface area contributed by atoms with Crippen molar-refractivity contribution >= 4 is 56.5 Å². The first-order valence-corrected chi connectivity index (χ1v) is 9.04. The number of amides is 1. The van der Waals surface area contributed by atoms with E-state index in [4.69, 9.17) is 5.11 Å². The van der Waals surface area contributed by atoms with Gasteiger partial charge in [0.05, 0.1) is 16.2 Å². The molecule has 0 unspecified atom stereocenters. The van der Waals surface area contributed by atoms with Gasteiger partial charge in [-0.3, -0.25) is 9.69 Å². The number of phenols is 1. The molecular formula is C18H13BrN2O4S. The van der Waals surface area contributed by atoms with E-state index in [1.54, 1.807) is 37.4 Å². The molecular weight excluding hydrogens is 420 g/mol. The minimum atomic E-state index is -1.04. The van der Waals surface area contributed by atoms with Crippen LogP contribution in [0.3, 0.4) is 0 Å². The van der Waals surface area contributed by atoms with E-state index in [0.29, 0.717) is 21.3 Å². The maximum Gasteiger partial charge on any atom is 0.335 e. The summed E-state index contributed by atoms with van der Waals surface area (Å²) in [6.07, 6.45) is 1.60. The van der Waals surface area contributed by atoms with Crippen molar-refractivity contribution < 1.29 is 19.8 Å². The second-order valence-corrected chi connectivity index (χ2v) is 7.35. The monoisotopic (exact) mass is 432 g/mol. The van der Waals surface area contributed by atoms with Gasteiger partial charge in [-0.25, -0.2) is 9.79 Å². The number of carbonyl (C=O) groups is 2. The van der Waals surface area contributed by atoms with Crippen molar-refractivity contribution in [1.82, 2.24) is 4.90 Å². The van der Waals surface area contributed by atoms with Crippen LogP contribution in [0.4, 0.5) is 5.69 Å². The number of thioether (sulfide) groups is 1. The summed E-state index contributed by atoms with van der Waals surface area (Å²) in [5.41, 5.74) is 1.08. The lowest BCUT2D eigenvalue weighted by atomic mass is 10.2. The molecule has 26 heavy (non-hydrogen) atoms. The Morgan fingerprint density at radius 3 is 2.77 bits per heavy atom. The lowest BCUT2D eigenvalue weighted by Gasteiger charge is -2.07. The SMILES string of the molecule is CN1C(=O)/C(=C\c2cc(Br)ccc2O)SC1=Nc1cccc(C(=O)O)c1. The highest BCUT2D eigenvalue weighted by Crippen LogP contribution is 2.35. The van der Waals surface area contributed by atoms with Gasteiger partial charge in [0.15, 0.2) is 5.17 Å². The Kier molecular flexibility index (Phi) is 5.15. The molecule has 1 heterocycles. The zero-order valence-electron chi connectivity index (χ0n) is 13.5. The maximum atomic E-state index is 12.5. The molecule has 8 heteroatoms. The topological polar surface area (TPSA) is 90.2 Å². The molecule has 0 radical (unpaired) electrons. The van der Waals surface area contributed by atoms with Crippen LogP contribution in [0.1, 0.15) is 15.9 Å². The van der Waals surface area contributed by atoms with E-state index in [2.05, 4.69) is 20.9 Å². The predicted octanol–water partition coefficient (Wildman–Crippen LogP) is 4.09. The number of hydrogen-bond donors (Lipinski definition) is 2. The third-order valence-electron chi connectivity index (χ3n) is 3.60. The van der Waals surface area contributed by atoms with Crippen LogP contribution >= 0.6 is 27.7 Å². The molecule has 0 aromatic heterocycles.